The fourth-order valence-corrected chi connectivity index (χ4v) is 8.13. The summed E-state index contributed by atoms with van der Waals surface area (Å²) in [6.07, 6.45) is 0. The Morgan fingerprint density at radius 3 is 2.02 bits per heavy atom. The van der Waals surface area contributed by atoms with Crippen molar-refractivity contribution in [3.63, 3.8) is 0 Å². The molecular formula is C49H44N5O2Pt-. The number of phenolic OH excluding ortho intramolecular Hbond substituents is 1. The zero-order valence-electron chi connectivity index (χ0n) is 33.6. The summed E-state index contributed by atoms with van der Waals surface area (Å²) in [7, 11) is 0. The number of furan rings is 1. The summed E-state index contributed by atoms with van der Waals surface area (Å²) in [5.74, 6) is 1.03. The van der Waals surface area contributed by atoms with Crippen LogP contribution in [0.15, 0.2) is 101 Å². The zero-order chi connectivity index (χ0) is 39.1. The van der Waals surface area contributed by atoms with Gasteiger partial charge in [0.05, 0.1) is 22.3 Å². The molecule has 7 nitrogen and oxygen atoms in total. The summed E-state index contributed by atoms with van der Waals surface area (Å²) in [5, 5.41) is 15.0. The Morgan fingerprint density at radius 1 is 0.561 bits per heavy atom. The normalized spacial score (nSPS) is 12.9. The molecule has 0 unspecified atom stereocenters. The van der Waals surface area contributed by atoms with Crippen LogP contribution < -0.4 is 0 Å². The van der Waals surface area contributed by atoms with Gasteiger partial charge in [-0.1, -0.05) is 116 Å². The van der Waals surface area contributed by atoms with Gasteiger partial charge in [-0.2, -0.15) is 0 Å². The van der Waals surface area contributed by atoms with Gasteiger partial charge in [0.15, 0.2) is 11.3 Å². The summed E-state index contributed by atoms with van der Waals surface area (Å²) in [6.45, 7) is 19.7. The second kappa shape index (κ2) is 12.5. The minimum atomic E-state index is -0.260. The average Bonchev–Trinajstić information content (AvgIpc) is 3.83. The van der Waals surface area contributed by atoms with E-state index in [2.05, 4.69) is 132 Å². The Balaban J connectivity index is 0.00000422. The van der Waals surface area contributed by atoms with E-state index in [1.54, 1.807) is 0 Å². The molecule has 0 saturated heterocycles. The van der Waals surface area contributed by atoms with Crippen molar-refractivity contribution in [2.45, 2.75) is 78.6 Å². The molecule has 0 bridgehead atoms. The van der Waals surface area contributed by atoms with Gasteiger partial charge in [-0.05, 0) is 69.3 Å². The third-order valence-electron chi connectivity index (χ3n) is 11.3. The first-order chi connectivity index (χ1) is 26.5. The van der Waals surface area contributed by atoms with Gasteiger partial charge in [0.1, 0.15) is 16.7 Å². The maximum absolute atomic E-state index is 11.9. The topological polar surface area (TPSA) is 80.9 Å². The molecule has 0 aliphatic heterocycles. The van der Waals surface area contributed by atoms with E-state index in [0.29, 0.717) is 11.4 Å². The smallest absolute Gasteiger partial charge is 0.223 e. The fourth-order valence-electron chi connectivity index (χ4n) is 8.13. The molecule has 1 N–H and O–H groups in total. The molecule has 0 radical (unpaired) electrons. The Kier molecular flexibility index (Phi) is 8.12. The zero-order valence-corrected chi connectivity index (χ0v) is 35.9. The number of pyridine rings is 1. The monoisotopic (exact) mass is 929 g/mol. The molecule has 288 valence electrons. The number of hydrogen-bond donors (Lipinski definition) is 1. The van der Waals surface area contributed by atoms with Crippen LogP contribution in [0.4, 0.5) is 0 Å². The number of aromatic nitrogens is 5. The Bertz CT molecular complexity index is 3270. The van der Waals surface area contributed by atoms with Crippen molar-refractivity contribution in [3.8, 4) is 28.1 Å². The van der Waals surface area contributed by atoms with Crippen molar-refractivity contribution in [3.05, 3.63) is 120 Å². The van der Waals surface area contributed by atoms with E-state index in [0.717, 1.165) is 94.3 Å². The summed E-state index contributed by atoms with van der Waals surface area (Å²) >= 11 is 0. The maximum Gasteiger partial charge on any atom is 0.223 e. The minimum absolute atomic E-state index is 0. The van der Waals surface area contributed by atoms with Crippen LogP contribution in [0.3, 0.4) is 0 Å². The van der Waals surface area contributed by atoms with Crippen LogP contribution in [0.2, 0.25) is 0 Å². The second-order valence-electron chi connectivity index (χ2n) is 18.4. The van der Waals surface area contributed by atoms with Crippen molar-refractivity contribution in [1.29, 1.82) is 0 Å². The maximum atomic E-state index is 11.9. The molecule has 5 heterocycles. The Hall–Kier alpha value is -5.52. The molecular weight excluding hydrogens is 886 g/mol. The van der Waals surface area contributed by atoms with Crippen molar-refractivity contribution in [1.82, 2.24) is 23.8 Å². The molecule has 0 saturated carbocycles. The van der Waals surface area contributed by atoms with Gasteiger partial charge < -0.3 is 9.52 Å². The van der Waals surface area contributed by atoms with E-state index in [1.165, 1.54) is 5.56 Å². The minimum Gasteiger partial charge on any atom is -0.515 e. The number of phenols is 1. The van der Waals surface area contributed by atoms with Gasteiger partial charge in [0.25, 0.3) is 0 Å². The third-order valence-corrected chi connectivity index (χ3v) is 11.3. The number of aromatic hydroxyl groups is 1. The van der Waals surface area contributed by atoms with Crippen LogP contribution in [-0.4, -0.2) is 28.9 Å². The molecule has 0 spiro atoms. The first-order valence-corrected chi connectivity index (χ1v) is 19.3. The van der Waals surface area contributed by atoms with Gasteiger partial charge >= 0.3 is 0 Å². The van der Waals surface area contributed by atoms with Gasteiger partial charge in [0, 0.05) is 42.9 Å². The second-order valence-corrected chi connectivity index (χ2v) is 18.4. The summed E-state index contributed by atoms with van der Waals surface area (Å²) in [4.78, 5) is 15.8. The third kappa shape index (κ3) is 5.76. The molecule has 5 aromatic heterocycles. The van der Waals surface area contributed by atoms with Crippen molar-refractivity contribution in [2.75, 3.05) is 0 Å². The first-order valence-electron chi connectivity index (χ1n) is 19.3. The number of nitrogens with zero attached hydrogens (tertiary/aromatic N) is 5. The molecule has 10 rings (SSSR count). The number of rotatable bonds is 2. The van der Waals surface area contributed by atoms with Crippen LogP contribution in [0.5, 0.6) is 5.75 Å². The summed E-state index contributed by atoms with van der Waals surface area (Å²) in [5.41, 5.74) is 12.6. The summed E-state index contributed by atoms with van der Waals surface area (Å²) < 4.78 is 10.7. The van der Waals surface area contributed by atoms with Crippen molar-refractivity contribution >= 4 is 66.5 Å². The molecule has 0 aliphatic carbocycles. The largest absolute Gasteiger partial charge is 0.515 e. The van der Waals surface area contributed by atoms with E-state index in [9.17, 15) is 5.11 Å². The van der Waals surface area contributed by atoms with Crippen LogP contribution >= 0.6 is 0 Å². The van der Waals surface area contributed by atoms with Crippen LogP contribution in [0.1, 0.15) is 79.0 Å². The summed E-state index contributed by atoms with van der Waals surface area (Å²) in [6, 6.07) is 37.2. The SMILES string of the molecule is CC(C)(C)c1cc(-c2ccc3nc4c5cc6oc7ccccc7c6cc5n5c6ccccc6nc5n4c3n2)[c-]c(-c2cc(C(C)(C)C)cc(C(C)(C)C)c2O)c1.[Pt]. The molecule has 0 fully saturated rings. The molecule has 0 atom stereocenters. The predicted octanol–water partition coefficient (Wildman–Crippen LogP) is 12.5. The molecule has 0 aliphatic rings. The number of para-hydroxylation sites is 3. The number of imidazole rings is 2. The van der Waals surface area contributed by atoms with E-state index in [4.69, 9.17) is 19.4 Å². The molecule has 5 aromatic carbocycles. The van der Waals surface area contributed by atoms with Crippen molar-refractivity contribution < 1.29 is 30.6 Å². The first kappa shape index (κ1) is 37.1. The molecule has 8 heteroatoms. The Morgan fingerprint density at radius 2 is 1.26 bits per heavy atom. The van der Waals surface area contributed by atoms with Crippen LogP contribution in [0.25, 0.3) is 88.8 Å². The standard InChI is InChI=1S/C49H44N5O2.Pt/c1-47(2,3)29-21-27(32-23-30(48(4,5)6)24-35(43(32)55)49(7,8)9)20-28(22-29)36-18-19-38-45(50-36)54-44(51-38)34-26-42-33(31-14-10-13-17-41(31)56-42)25-40(34)53-39-16-12-11-15-37(39)52-46(53)54;/h10-19,21-26,55H,1-9H3;/q-1;. The van der Waals surface area contributed by atoms with E-state index in [1.807, 2.05) is 42.5 Å². The van der Waals surface area contributed by atoms with Gasteiger partial charge in [-0.15, -0.1) is 29.3 Å². The number of hydrogen-bond acceptors (Lipinski definition) is 5. The van der Waals surface area contributed by atoms with Gasteiger partial charge in [-0.25, -0.2) is 14.4 Å². The van der Waals surface area contributed by atoms with Gasteiger partial charge in [-0.3, -0.25) is 9.38 Å². The van der Waals surface area contributed by atoms with Crippen LogP contribution in [0, 0.1) is 6.07 Å². The van der Waals surface area contributed by atoms with E-state index < -0.39 is 0 Å². The molecule has 0 amide bonds. The number of benzene rings is 5. The average molecular weight is 930 g/mol. The predicted molar refractivity (Wildman–Crippen MR) is 229 cm³/mol. The Labute approximate surface area is 345 Å². The van der Waals surface area contributed by atoms with Crippen LogP contribution in [-0.2, 0) is 37.3 Å². The fraction of sp³-hybridized carbons (Fsp3) is 0.245. The van der Waals surface area contributed by atoms with E-state index >= 15 is 0 Å². The van der Waals surface area contributed by atoms with Gasteiger partial charge in [0.2, 0.25) is 5.78 Å². The molecule has 57 heavy (non-hydrogen) atoms. The quantitative estimate of drug-likeness (QED) is 0.175. The number of fused-ring (bicyclic) bond motifs is 13. The van der Waals surface area contributed by atoms with E-state index in [-0.39, 0.29) is 37.3 Å². The molecule has 10 aromatic rings. The van der Waals surface area contributed by atoms with Crippen molar-refractivity contribution in [2.24, 2.45) is 0 Å².